The number of rotatable bonds is 6. The Labute approximate surface area is 328 Å². The van der Waals surface area contributed by atoms with Gasteiger partial charge in [0, 0.05) is 47.6 Å². The highest BCUT2D eigenvalue weighted by Gasteiger charge is 2.22. The Bertz CT molecular complexity index is 3120. The molecule has 266 valence electrons. The Morgan fingerprint density at radius 2 is 1.11 bits per heavy atom. The topological polar surface area (TPSA) is 51.8 Å². The molecule has 3 heterocycles. The van der Waals surface area contributed by atoms with E-state index in [0.29, 0.717) is 17.5 Å². The molecule has 0 fully saturated rings. The number of thiophene rings is 1. The van der Waals surface area contributed by atoms with E-state index in [4.69, 9.17) is 19.4 Å². The van der Waals surface area contributed by atoms with E-state index >= 15 is 0 Å². The summed E-state index contributed by atoms with van der Waals surface area (Å²) in [4.78, 5) is 15.5. The van der Waals surface area contributed by atoms with E-state index in [1.807, 2.05) is 23.5 Å². The van der Waals surface area contributed by atoms with E-state index in [1.165, 1.54) is 42.4 Å². The van der Waals surface area contributed by atoms with Crippen molar-refractivity contribution in [3.05, 3.63) is 175 Å². The van der Waals surface area contributed by atoms with Crippen LogP contribution in [0.1, 0.15) is 37.1 Å². The molecule has 2 aliphatic rings. The lowest BCUT2D eigenvalue weighted by Crippen LogP contribution is -2.03. The maximum absolute atomic E-state index is 6.67. The van der Waals surface area contributed by atoms with Crippen LogP contribution in [-0.4, -0.2) is 15.0 Å². The number of allylic oxidation sites excluding steroid dienone is 8. The minimum absolute atomic E-state index is 0.612. The van der Waals surface area contributed by atoms with Gasteiger partial charge in [0.15, 0.2) is 17.5 Å². The molecule has 0 atom stereocenters. The number of hydrogen-bond donors (Lipinski definition) is 0. The average molecular weight is 738 g/mol. The summed E-state index contributed by atoms with van der Waals surface area (Å²) in [5.41, 5.74) is 11.7. The number of para-hydroxylation sites is 1. The normalized spacial score (nSPS) is 14.2. The van der Waals surface area contributed by atoms with Crippen LogP contribution in [-0.2, 0) is 0 Å². The van der Waals surface area contributed by atoms with Crippen molar-refractivity contribution in [1.82, 2.24) is 15.0 Å². The van der Waals surface area contributed by atoms with E-state index in [-0.39, 0.29) is 0 Å². The fourth-order valence-corrected chi connectivity index (χ4v) is 9.56. The molecule has 6 aromatic carbocycles. The summed E-state index contributed by atoms with van der Waals surface area (Å²) in [5.74, 6) is 1.92. The van der Waals surface area contributed by atoms with Gasteiger partial charge in [-0.05, 0) is 83.3 Å². The van der Waals surface area contributed by atoms with Gasteiger partial charge in [-0.1, -0.05) is 140 Å². The van der Waals surface area contributed by atoms with Crippen molar-refractivity contribution in [3.63, 3.8) is 0 Å². The molecule has 2 aliphatic carbocycles. The van der Waals surface area contributed by atoms with Gasteiger partial charge in [0.1, 0.15) is 11.2 Å². The van der Waals surface area contributed by atoms with E-state index in [0.717, 1.165) is 75.4 Å². The Morgan fingerprint density at radius 3 is 1.91 bits per heavy atom. The zero-order valence-electron chi connectivity index (χ0n) is 30.6. The van der Waals surface area contributed by atoms with E-state index in [1.54, 1.807) is 0 Å². The van der Waals surface area contributed by atoms with Crippen molar-refractivity contribution in [2.75, 3.05) is 0 Å². The fourth-order valence-electron chi connectivity index (χ4n) is 8.29. The van der Waals surface area contributed by atoms with Gasteiger partial charge in [-0.25, -0.2) is 15.0 Å². The van der Waals surface area contributed by atoms with Gasteiger partial charge in [0.25, 0.3) is 0 Å². The van der Waals surface area contributed by atoms with Crippen molar-refractivity contribution in [1.29, 1.82) is 0 Å². The monoisotopic (exact) mass is 737 g/mol. The molecule has 0 spiro atoms. The zero-order chi connectivity index (χ0) is 37.0. The molecular formula is C51H35N3OS. The maximum Gasteiger partial charge on any atom is 0.164 e. The molecule has 0 radical (unpaired) electrons. The van der Waals surface area contributed by atoms with Crippen molar-refractivity contribution < 1.29 is 4.42 Å². The van der Waals surface area contributed by atoms with E-state index in [9.17, 15) is 0 Å². The first-order valence-corrected chi connectivity index (χ1v) is 20.1. The first kappa shape index (κ1) is 32.7. The van der Waals surface area contributed by atoms with Crippen LogP contribution >= 0.6 is 11.3 Å². The molecule has 3 aromatic heterocycles. The smallest absolute Gasteiger partial charge is 0.164 e. The lowest BCUT2D eigenvalue weighted by molar-refractivity contribution is 0.669. The average Bonchev–Trinajstić information content (AvgIpc) is 3.86. The van der Waals surface area contributed by atoms with Gasteiger partial charge in [-0.15, -0.1) is 11.3 Å². The summed E-state index contributed by atoms with van der Waals surface area (Å²) in [7, 11) is 0. The van der Waals surface area contributed by atoms with Gasteiger partial charge >= 0.3 is 0 Å². The molecule has 56 heavy (non-hydrogen) atoms. The van der Waals surface area contributed by atoms with Crippen LogP contribution in [0.5, 0.6) is 0 Å². The minimum Gasteiger partial charge on any atom is -0.456 e. The highest BCUT2D eigenvalue weighted by molar-refractivity contribution is 7.26. The Morgan fingerprint density at radius 1 is 0.446 bits per heavy atom. The predicted molar refractivity (Wildman–Crippen MR) is 234 cm³/mol. The van der Waals surface area contributed by atoms with Gasteiger partial charge in [0.2, 0.25) is 0 Å². The van der Waals surface area contributed by atoms with Crippen molar-refractivity contribution >= 4 is 64.6 Å². The van der Waals surface area contributed by atoms with Crippen LogP contribution in [0.4, 0.5) is 0 Å². The number of benzene rings is 6. The minimum atomic E-state index is 0.612. The molecule has 0 saturated heterocycles. The lowest BCUT2D eigenvalue weighted by Gasteiger charge is -2.13. The molecule has 0 aliphatic heterocycles. The summed E-state index contributed by atoms with van der Waals surface area (Å²) in [6.45, 7) is 0. The van der Waals surface area contributed by atoms with E-state index < -0.39 is 0 Å². The van der Waals surface area contributed by atoms with Crippen LogP contribution in [0.3, 0.4) is 0 Å². The fraction of sp³-hybridized carbons (Fsp3) is 0.0784. The maximum atomic E-state index is 6.67. The zero-order valence-corrected chi connectivity index (χ0v) is 31.4. The molecule has 0 unspecified atom stereocenters. The second kappa shape index (κ2) is 13.6. The number of hydrogen-bond acceptors (Lipinski definition) is 5. The van der Waals surface area contributed by atoms with Crippen LogP contribution < -0.4 is 0 Å². The highest BCUT2D eigenvalue weighted by atomic mass is 32.1. The molecule has 0 saturated carbocycles. The van der Waals surface area contributed by atoms with Gasteiger partial charge in [-0.3, -0.25) is 0 Å². The molecular weight excluding hydrogens is 703 g/mol. The molecule has 0 N–H and O–H groups in total. The number of furan rings is 1. The van der Waals surface area contributed by atoms with E-state index in [2.05, 4.69) is 152 Å². The summed E-state index contributed by atoms with van der Waals surface area (Å²) < 4.78 is 9.24. The number of nitrogens with zero attached hydrogens (tertiary/aromatic N) is 3. The second-order valence-electron chi connectivity index (χ2n) is 14.5. The first-order valence-electron chi connectivity index (χ1n) is 19.3. The van der Waals surface area contributed by atoms with Crippen molar-refractivity contribution in [2.45, 2.75) is 25.7 Å². The van der Waals surface area contributed by atoms with Crippen LogP contribution in [0, 0.1) is 0 Å². The van der Waals surface area contributed by atoms with Gasteiger partial charge in [-0.2, -0.15) is 0 Å². The number of aromatic nitrogens is 3. The Kier molecular flexibility index (Phi) is 7.92. The third kappa shape index (κ3) is 5.62. The van der Waals surface area contributed by atoms with Crippen LogP contribution in [0.25, 0.3) is 98.3 Å². The quantitative estimate of drug-likeness (QED) is 0.170. The Balaban J connectivity index is 1.14. The van der Waals surface area contributed by atoms with Crippen LogP contribution in [0.15, 0.2) is 168 Å². The largest absolute Gasteiger partial charge is 0.456 e. The number of fused-ring (bicyclic) bond motifs is 6. The van der Waals surface area contributed by atoms with Gasteiger partial charge < -0.3 is 4.42 Å². The molecule has 0 amide bonds. The van der Waals surface area contributed by atoms with Gasteiger partial charge in [0.05, 0.1) is 0 Å². The Hall–Kier alpha value is -6.69. The molecule has 9 aromatic rings. The van der Waals surface area contributed by atoms with Crippen LogP contribution in [0.2, 0.25) is 0 Å². The standard InChI is InChI=1S/C51H35N3OS/c1-4-14-32(15-5-1)33-26-28-36(29-27-33)50-52-49(35-18-8-3-9-19-35)53-51(54-50)37-30-42(46-40-20-10-11-24-43(40)55-44(46)31-37)39-22-13-25-45-47(39)41-23-12-21-38(48(41)56-45)34-16-6-2-7-17-34/h1,4-6,8,10-31H,2-3,7,9H2. The predicted octanol–water partition coefficient (Wildman–Crippen LogP) is 14.3. The molecule has 5 heteroatoms. The second-order valence-corrected chi connectivity index (χ2v) is 15.5. The summed E-state index contributed by atoms with van der Waals surface area (Å²) in [6, 6.07) is 45.1. The molecule has 11 rings (SSSR count). The van der Waals surface area contributed by atoms with Crippen molar-refractivity contribution in [2.24, 2.45) is 0 Å². The third-order valence-corrected chi connectivity index (χ3v) is 12.2. The third-order valence-electron chi connectivity index (χ3n) is 11.0. The highest BCUT2D eigenvalue weighted by Crippen LogP contribution is 2.47. The summed E-state index contributed by atoms with van der Waals surface area (Å²) >= 11 is 1.88. The SMILES string of the molecule is C1=CC(c2nc(-c3ccc(-c4ccccc4)cc3)nc(-c3cc(-c4cccc5sc6c(C7=CCCC=C7)cccc6c45)c4c(c3)oc3ccccc34)n2)=CCC1. The molecule has 4 nitrogen and oxygen atoms in total. The summed E-state index contributed by atoms with van der Waals surface area (Å²) in [5, 5.41) is 4.71. The molecule has 0 bridgehead atoms. The first-order chi connectivity index (χ1) is 27.7. The summed E-state index contributed by atoms with van der Waals surface area (Å²) in [6.07, 6.45) is 17.6. The lowest BCUT2D eigenvalue weighted by atomic mass is 9.92. The van der Waals surface area contributed by atoms with Crippen molar-refractivity contribution in [3.8, 4) is 45.0 Å².